The third-order valence-corrected chi connectivity index (χ3v) is 4.14. The van der Waals surface area contributed by atoms with Crippen LogP contribution >= 0.6 is 0 Å². The van der Waals surface area contributed by atoms with E-state index in [0.717, 1.165) is 22.6 Å². The van der Waals surface area contributed by atoms with Crippen LogP contribution in [0.1, 0.15) is 41.3 Å². The SMILES string of the molecule is Cc1cccc(NC(=O)c2cncc(Nc3ccccc3C(C)C)c2)c1. The number of nitrogens with zero attached hydrogens (tertiary/aromatic N) is 1. The second kappa shape index (κ2) is 7.83. The van der Waals surface area contributed by atoms with Crippen molar-refractivity contribution in [2.24, 2.45) is 0 Å². The van der Waals surface area contributed by atoms with Crippen molar-refractivity contribution in [3.8, 4) is 0 Å². The van der Waals surface area contributed by atoms with E-state index in [0.29, 0.717) is 11.5 Å². The summed E-state index contributed by atoms with van der Waals surface area (Å²) in [5, 5.41) is 6.29. The monoisotopic (exact) mass is 345 g/mol. The van der Waals surface area contributed by atoms with Crippen LogP contribution in [-0.2, 0) is 0 Å². The van der Waals surface area contributed by atoms with Gasteiger partial charge in [0.15, 0.2) is 0 Å². The van der Waals surface area contributed by atoms with E-state index < -0.39 is 0 Å². The van der Waals surface area contributed by atoms with E-state index in [-0.39, 0.29) is 5.91 Å². The molecule has 132 valence electrons. The molecule has 0 saturated carbocycles. The molecule has 0 radical (unpaired) electrons. The number of hydrogen-bond donors (Lipinski definition) is 2. The van der Waals surface area contributed by atoms with Crippen LogP contribution in [0.5, 0.6) is 0 Å². The van der Waals surface area contributed by atoms with Crippen molar-refractivity contribution in [3.05, 3.63) is 83.7 Å². The molecule has 0 aliphatic heterocycles. The van der Waals surface area contributed by atoms with Crippen LogP contribution in [0.2, 0.25) is 0 Å². The van der Waals surface area contributed by atoms with Crippen molar-refractivity contribution in [2.75, 3.05) is 10.6 Å². The summed E-state index contributed by atoms with van der Waals surface area (Å²) in [6.07, 6.45) is 3.30. The molecule has 0 spiro atoms. The number of rotatable bonds is 5. The van der Waals surface area contributed by atoms with Crippen molar-refractivity contribution in [1.29, 1.82) is 0 Å². The predicted molar refractivity (Wildman–Crippen MR) is 107 cm³/mol. The number of aryl methyl sites for hydroxylation is 1. The van der Waals surface area contributed by atoms with Gasteiger partial charge in [-0.25, -0.2) is 0 Å². The number of para-hydroxylation sites is 1. The highest BCUT2D eigenvalue weighted by Gasteiger charge is 2.10. The summed E-state index contributed by atoms with van der Waals surface area (Å²) < 4.78 is 0. The van der Waals surface area contributed by atoms with Crippen LogP contribution in [-0.4, -0.2) is 10.9 Å². The molecule has 0 aliphatic carbocycles. The van der Waals surface area contributed by atoms with Gasteiger partial charge in [-0.15, -0.1) is 0 Å². The van der Waals surface area contributed by atoms with Gasteiger partial charge in [0.1, 0.15) is 0 Å². The molecule has 4 nitrogen and oxygen atoms in total. The van der Waals surface area contributed by atoms with Crippen molar-refractivity contribution >= 4 is 23.0 Å². The maximum atomic E-state index is 12.5. The van der Waals surface area contributed by atoms with Gasteiger partial charge in [0.2, 0.25) is 0 Å². The standard InChI is InChI=1S/C22H23N3O/c1-15(2)20-9-4-5-10-21(20)24-19-12-17(13-23-14-19)22(26)25-18-8-6-7-16(3)11-18/h4-15,24H,1-3H3,(H,25,26). The average molecular weight is 345 g/mol. The van der Waals surface area contributed by atoms with Gasteiger partial charge in [-0.2, -0.15) is 0 Å². The van der Waals surface area contributed by atoms with E-state index in [1.807, 2.05) is 55.5 Å². The highest BCUT2D eigenvalue weighted by molar-refractivity contribution is 6.04. The first-order chi connectivity index (χ1) is 12.5. The molecule has 3 rings (SSSR count). The third-order valence-electron chi connectivity index (χ3n) is 4.14. The van der Waals surface area contributed by atoms with E-state index in [9.17, 15) is 4.79 Å². The fraction of sp³-hybridized carbons (Fsp3) is 0.182. The maximum Gasteiger partial charge on any atom is 0.257 e. The van der Waals surface area contributed by atoms with Gasteiger partial charge in [-0.1, -0.05) is 44.2 Å². The molecule has 2 aromatic carbocycles. The van der Waals surface area contributed by atoms with Gasteiger partial charge >= 0.3 is 0 Å². The van der Waals surface area contributed by atoms with Crippen LogP contribution in [0.25, 0.3) is 0 Å². The molecule has 1 amide bonds. The van der Waals surface area contributed by atoms with Crippen LogP contribution in [0.15, 0.2) is 67.0 Å². The summed E-state index contributed by atoms with van der Waals surface area (Å²) in [5.74, 6) is 0.225. The molecule has 0 aliphatic rings. The molecule has 26 heavy (non-hydrogen) atoms. The van der Waals surface area contributed by atoms with Crippen LogP contribution in [0.4, 0.5) is 17.1 Å². The molecule has 3 aromatic rings. The van der Waals surface area contributed by atoms with Gasteiger partial charge in [-0.05, 0) is 48.2 Å². The van der Waals surface area contributed by atoms with Crippen molar-refractivity contribution in [2.45, 2.75) is 26.7 Å². The third kappa shape index (κ3) is 4.28. The summed E-state index contributed by atoms with van der Waals surface area (Å²) in [7, 11) is 0. The predicted octanol–water partition coefficient (Wildman–Crippen LogP) is 5.51. The Bertz CT molecular complexity index is 919. The number of amides is 1. The maximum absolute atomic E-state index is 12.5. The van der Waals surface area contributed by atoms with Crippen LogP contribution < -0.4 is 10.6 Å². The Morgan fingerprint density at radius 2 is 1.77 bits per heavy atom. The topological polar surface area (TPSA) is 54.0 Å². The minimum atomic E-state index is -0.177. The smallest absolute Gasteiger partial charge is 0.257 e. The minimum absolute atomic E-state index is 0.177. The van der Waals surface area contributed by atoms with Crippen molar-refractivity contribution in [3.63, 3.8) is 0 Å². The van der Waals surface area contributed by atoms with E-state index in [2.05, 4.69) is 35.5 Å². The summed E-state index contributed by atoms with van der Waals surface area (Å²) in [6.45, 7) is 6.31. The first-order valence-corrected chi connectivity index (χ1v) is 8.72. The number of pyridine rings is 1. The molecular weight excluding hydrogens is 322 g/mol. The van der Waals surface area contributed by atoms with E-state index >= 15 is 0 Å². The second-order valence-corrected chi connectivity index (χ2v) is 6.65. The number of aromatic nitrogens is 1. The zero-order valence-corrected chi connectivity index (χ0v) is 15.3. The van der Waals surface area contributed by atoms with E-state index in [1.54, 1.807) is 12.4 Å². The zero-order valence-electron chi connectivity index (χ0n) is 15.3. The first kappa shape index (κ1) is 17.7. The number of carbonyl (C=O) groups is 1. The van der Waals surface area contributed by atoms with Gasteiger partial charge < -0.3 is 10.6 Å². The fourth-order valence-corrected chi connectivity index (χ4v) is 2.83. The Balaban J connectivity index is 1.79. The van der Waals surface area contributed by atoms with Crippen LogP contribution in [0.3, 0.4) is 0 Å². The molecule has 0 unspecified atom stereocenters. The van der Waals surface area contributed by atoms with Gasteiger partial charge in [0.25, 0.3) is 5.91 Å². The van der Waals surface area contributed by atoms with E-state index in [1.165, 1.54) is 5.56 Å². The van der Waals surface area contributed by atoms with E-state index in [4.69, 9.17) is 0 Å². The lowest BCUT2D eigenvalue weighted by Gasteiger charge is -2.15. The summed E-state index contributed by atoms with van der Waals surface area (Å²) in [5.41, 5.74) is 5.43. The Morgan fingerprint density at radius 3 is 2.54 bits per heavy atom. The van der Waals surface area contributed by atoms with Gasteiger partial charge in [0.05, 0.1) is 17.4 Å². The number of benzene rings is 2. The molecule has 1 heterocycles. The highest BCUT2D eigenvalue weighted by atomic mass is 16.1. The lowest BCUT2D eigenvalue weighted by atomic mass is 10.0. The molecule has 0 saturated heterocycles. The molecule has 0 atom stereocenters. The number of carbonyl (C=O) groups excluding carboxylic acids is 1. The molecule has 1 aromatic heterocycles. The summed E-state index contributed by atoms with van der Waals surface area (Å²) >= 11 is 0. The summed E-state index contributed by atoms with van der Waals surface area (Å²) in [4.78, 5) is 16.7. The number of anilines is 3. The highest BCUT2D eigenvalue weighted by Crippen LogP contribution is 2.27. The summed E-state index contributed by atoms with van der Waals surface area (Å²) in [6, 6.07) is 17.7. The van der Waals surface area contributed by atoms with Crippen molar-refractivity contribution < 1.29 is 4.79 Å². The largest absolute Gasteiger partial charge is 0.354 e. The van der Waals surface area contributed by atoms with Gasteiger partial charge in [-0.3, -0.25) is 9.78 Å². The molecular formula is C22H23N3O. The Morgan fingerprint density at radius 1 is 0.962 bits per heavy atom. The van der Waals surface area contributed by atoms with Gasteiger partial charge in [0, 0.05) is 17.6 Å². The lowest BCUT2D eigenvalue weighted by molar-refractivity contribution is 0.102. The molecule has 4 heteroatoms. The first-order valence-electron chi connectivity index (χ1n) is 8.72. The normalized spacial score (nSPS) is 10.6. The molecule has 0 bridgehead atoms. The number of nitrogens with one attached hydrogen (secondary N) is 2. The lowest BCUT2D eigenvalue weighted by Crippen LogP contribution is -2.12. The average Bonchev–Trinajstić information content (AvgIpc) is 2.62. The fourth-order valence-electron chi connectivity index (χ4n) is 2.83. The Kier molecular flexibility index (Phi) is 5.32. The molecule has 0 fully saturated rings. The Labute approximate surface area is 154 Å². The molecule has 2 N–H and O–H groups in total. The number of hydrogen-bond acceptors (Lipinski definition) is 3. The zero-order chi connectivity index (χ0) is 18.5. The Hall–Kier alpha value is -3.14. The second-order valence-electron chi connectivity index (χ2n) is 6.65. The van der Waals surface area contributed by atoms with Crippen LogP contribution in [0, 0.1) is 6.92 Å². The quantitative estimate of drug-likeness (QED) is 0.641. The van der Waals surface area contributed by atoms with Crippen molar-refractivity contribution in [1.82, 2.24) is 4.98 Å². The minimum Gasteiger partial charge on any atom is -0.354 e.